The third kappa shape index (κ3) is 4.72. The summed E-state index contributed by atoms with van der Waals surface area (Å²) in [7, 11) is 3.03. The zero-order chi connectivity index (χ0) is 27.5. The summed E-state index contributed by atoms with van der Waals surface area (Å²) in [5, 5.41) is 10.3. The van der Waals surface area contributed by atoms with Crippen LogP contribution in [0.4, 0.5) is 0 Å². The molecule has 0 saturated carbocycles. The van der Waals surface area contributed by atoms with Crippen LogP contribution < -0.4 is 24.4 Å². The van der Waals surface area contributed by atoms with Crippen LogP contribution in [0.25, 0.3) is 11.8 Å². The molecule has 1 atom stereocenters. The second-order valence-corrected chi connectivity index (χ2v) is 9.58. The lowest BCUT2D eigenvalue weighted by molar-refractivity contribution is -0.138. The molecule has 0 saturated heterocycles. The molecule has 0 radical (unpaired) electrons. The lowest BCUT2D eigenvalue weighted by Gasteiger charge is -2.27. The number of rotatable bonds is 7. The van der Waals surface area contributed by atoms with Crippen molar-refractivity contribution in [3.8, 4) is 17.2 Å². The van der Waals surface area contributed by atoms with E-state index in [1.54, 1.807) is 55.5 Å². The number of ether oxygens (including phenoxy) is 3. The predicted octanol–water partition coefficient (Wildman–Crippen LogP) is 3.66. The Morgan fingerprint density at radius 2 is 1.77 bits per heavy atom. The smallest absolute Gasteiger partial charge is 0.338 e. The number of hydrogen-bond donors (Lipinski definition) is 1. The van der Waals surface area contributed by atoms with E-state index in [0.29, 0.717) is 43.2 Å². The van der Waals surface area contributed by atoms with Gasteiger partial charge in [-0.25, -0.2) is 9.79 Å². The van der Waals surface area contributed by atoms with Crippen molar-refractivity contribution in [3.63, 3.8) is 0 Å². The molecule has 3 aromatic carbocycles. The molecule has 0 spiro atoms. The average Bonchev–Trinajstić information content (AvgIpc) is 3.27. The summed E-state index contributed by atoms with van der Waals surface area (Å²) >= 11 is 1.17. The molecule has 1 aromatic heterocycles. The molecule has 198 valence electrons. The SMILES string of the molecule is CCOC(=O)C1=C(c2ccccc2)N=c2s/c(=C\c3ccccc3O)c(=O)n2C1c1cccc(OC)c1OC. The number of nitrogens with zero attached hydrogens (tertiary/aromatic N) is 2. The molecule has 9 heteroatoms. The highest BCUT2D eigenvalue weighted by Gasteiger charge is 2.37. The van der Waals surface area contributed by atoms with Gasteiger partial charge in [0, 0.05) is 16.7 Å². The largest absolute Gasteiger partial charge is 0.507 e. The molecule has 2 heterocycles. The molecular formula is C30H26N2O6S. The topological polar surface area (TPSA) is 99.4 Å². The predicted molar refractivity (Wildman–Crippen MR) is 149 cm³/mol. The summed E-state index contributed by atoms with van der Waals surface area (Å²) in [4.78, 5) is 32.8. The first-order chi connectivity index (χ1) is 19.0. The van der Waals surface area contributed by atoms with Gasteiger partial charge in [0.1, 0.15) is 11.8 Å². The van der Waals surface area contributed by atoms with E-state index in [4.69, 9.17) is 19.2 Å². The van der Waals surface area contributed by atoms with Crippen LogP contribution in [0.5, 0.6) is 17.2 Å². The molecule has 0 fully saturated rings. The van der Waals surface area contributed by atoms with Crippen LogP contribution in [-0.2, 0) is 9.53 Å². The van der Waals surface area contributed by atoms with Gasteiger partial charge in [-0.1, -0.05) is 72.0 Å². The summed E-state index contributed by atoms with van der Waals surface area (Å²) in [6.45, 7) is 1.87. The third-order valence-electron chi connectivity index (χ3n) is 6.33. The minimum absolute atomic E-state index is 0.0477. The Hall–Kier alpha value is -4.63. The van der Waals surface area contributed by atoms with Crippen molar-refractivity contribution in [1.82, 2.24) is 4.57 Å². The number of thiazole rings is 1. The lowest BCUT2D eigenvalue weighted by Crippen LogP contribution is -2.40. The van der Waals surface area contributed by atoms with Crippen LogP contribution in [0.15, 0.2) is 88.2 Å². The number of benzene rings is 3. The van der Waals surface area contributed by atoms with Gasteiger partial charge in [-0.05, 0) is 25.1 Å². The van der Waals surface area contributed by atoms with Crippen LogP contribution in [0.1, 0.15) is 29.7 Å². The number of carbonyl (C=O) groups excluding carboxylic acids is 1. The molecular weight excluding hydrogens is 516 g/mol. The number of phenolic OH excluding ortho intramolecular Hbond substituents is 1. The second-order valence-electron chi connectivity index (χ2n) is 8.57. The third-order valence-corrected chi connectivity index (χ3v) is 7.31. The van der Waals surface area contributed by atoms with Gasteiger partial charge in [0.05, 0.1) is 36.6 Å². The number of aromatic hydroxyl groups is 1. The highest BCUT2D eigenvalue weighted by Crippen LogP contribution is 2.42. The minimum atomic E-state index is -0.924. The summed E-state index contributed by atoms with van der Waals surface area (Å²) in [6.07, 6.45) is 1.62. The fraction of sp³-hybridized carbons (Fsp3) is 0.167. The number of methoxy groups -OCH3 is 2. The zero-order valence-corrected chi connectivity index (χ0v) is 22.4. The molecule has 8 nitrogen and oxygen atoms in total. The van der Waals surface area contributed by atoms with Crippen molar-refractivity contribution in [3.05, 3.63) is 115 Å². The monoisotopic (exact) mass is 542 g/mol. The Kier molecular flexibility index (Phi) is 7.33. The number of hydrogen-bond acceptors (Lipinski definition) is 8. The summed E-state index contributed by atoms with van der Waals surface area (Å²) in [5.74, 6) is 0.292. The van der Waals surface area contributed by atoms with Crippen molar-refractivity contribution >= 4 is 29.1 Å². The van der Waals surface area contributed by atoms with Crippen LogP contribution >= 0.6 is 11.3 Å². The molecule has 0 aliphatic carbocycles. The molecule has 4 aromatic rings. The Balaban J connectivity index is 1.90. The quantitative estimate of drug-likeness (QED) is 0.358. The van der Waals surface area contributed by atoms with Crippen molar-refractivity contribution in [2.45, 2.75) is 13.0 Å². The van der Waals surface area contributed by atoms with Crippen molar-refractivity contribution in [2.24, 2.45) is 4.99 Å². The van der Waals surface area contributed by atoms with Crippen molar-refractivity contribution < 1.29 is 24.1 Å². The van der Waals surface area contributed by atoms with Gasteiger partial charge in [-0.15, -0.1) is 0 Å². The highest BCUT2D eigenvalue weighted by atomic mass is 32.1. The Morgan fingerprint density at radius 3 is 2.46 bits per heavy atom. The first kappa shape index (κ1) is 26.0. The van der Waals surface area contributed by atoms with E-state index in [9.17, 15) is 14.7 Å². The summed E-state index contributed by atoms with van der Waals surface area (Å²) in [5.41, 5.74) is 1.97. The molecule has 1 N–H and O–H groups in total. The maximum absolute atomic E-state index is 14.0. The van der Waals surface area contributed by atoms with E-state index < -0.39 is 12.0 Å². The Bertz CT molecular complexity index is 1750. The van der Waals surface area contributed by atoms with E-state index in [1.165, 1.54) is 30.1 Å². The van der Waals surface area contributed by atoms with E-state index in [-0.39, 0.29) is 23.5 Å². The summed E-state index contributed by atoms with van der Waals surface area (Å²) < 4.78 is 18.6. The molecule has 1 aliphatic heterocycles. The van der Waals surface area contributed by atoms with E-state index in [0.717, 1.165) is 0 Å². The van der Waals surface area contributed by atoms with Crippen LogP contribution in [0.3, 0.4) is 0 Å². The number of phenols is 1. The molecule has 0 amide bonds. The first-order valence-electron chi connectivity index (χ1n) is 12.3. The zero-order valence-electron chi connectivity index (χ0n) is 21.6. The number of aromatic nitrogens is 1. The van der Waals surface area contributed by atoms with E-state index in [2.05, 4.69) is 0 Å². The Labute approximate surface area is 228 Å². The number of para-hydroxylation sites is 2. The lowest BCUT2D eigenvalue weighted by atomic mass is 9.92. The van der Waals surface area contributed by atoms with Gasteiger partial charge in [0.2, 0.25) is 0 Å². The molecule has 39 heavy (non-hydrogen) atoms. The highest BCUT2D eigenvalue weighted by molar-refractivity contribution is 7.07. The summed E-state index contributed by atoms with van der Waals surface area (Å²) in [6, 6.07) is 20.4. The maximum Gasteiger partial charge on any atom is 0.338 e. The fourth-order valence-electron chi connectivity index (χ4n) is 4.61. The van der Waals surface area contributed by atoms with Gasteiger partial charge in [0.15, 0.2) is 16.3 Å². The fourth-order valence-corrected chi connectivity index (χ4v) is 5.60. The normalized spacial score (nSPS) is 14.9. The second kappa shape index (κ2) is 11.0. The van der Waals surface area contributed by atoms with Gasteiger partial charge in [-0.3, -0.25) is 9.36 Å². The maximum atomic E-state index is 14.0. The van der Waals surface area contributed by atoms with Gasteiger partial charge >= 0.3 is 5.97 Å². The van der Waals surface area contributed by atoms with Gasteiger partial charge in [0.25, 0.3) is 5.56 Å². The molecule has 1 aliphatic rings. The number of esters is 1. The van der Waals surface area contributed by atoms with Crippen LogP contribution in [0, 0.1) is 0 Å². The minimum Gasteiger partial charge on any atom is -0.507 e. The standard InChI is InChI=1S/C30H26N2O6S/c1-4-38-29(35)24-25(18-11-6-5-7-12-18)31-30-32(26(24)20-14-10-16-22(36-2)27(20)37-3)28(34)23(39-30)17-19-13-8-9-15-21(19)33/h5-17,26,33H,4H2,1-3H3/b23-17-. The van der Waals surface area contributed by atoms with E-state index >= 15 is 0 Å². The van der Waals surface area contributed by atoms with E-state index in [1.807, 2.05) is 30.3 Å². The van der Waals surface area contributed by atoms with Crippen molar-refractivity contribution in [1.29, 1.82) is 0 Å². The van der Waals surface area contributed by atoms with Gasteiger partial charge < -0.3 is 19.3 Å². The van der Waals surface area contributed by atoms with Crippen molar-refractivity contribution in [2.75, 3.05) is 20.8 Å². The first-order valence-corrected chi connectivity index (χ1v) is 13.1. The van der Waals surface area contributed by atoms with Crippen LogP contribution in [0.2, 0.25) is 0 Å². The van der Waals surface area contributed by atoms with Crippen LogP contribution in [-0.4, -0.2) is 36.5 Å². The average molecular weight is 543 g/mol. The molecule has 1 unspecified atom stereocenters. The molecule has 5 rings (SSSR count). The van der Waals surface area contributed by atoms with Gasteiger partial charge in [-0.2, -0.15) is 0 Å². The number of carbonyl (C=O) groups is 1. The molecule has 0 bridgehead atoms. The Morgan fingerprint density at radius 1 is 1.03 bits per heavy atom. The number of fused-ring (bicyclic) bond motifs is 1.